The smallest absolute Gasteiger partial charge is 0.228 e. The number of piperazine rings is 1. The van der Waals surface area contributed by atoms with E-state index in [1.54, 1.807) is 11.8 Å². The van der Waals surface area contributed by atoms with Crippen molar-refractivity contribution >= 4 is 35.1 Å². The van der Waals surface area contributed by atoms with Crippen molar-refractivity contribution in [1.82, 2.24) is 14.9 Å². The highest BCUT2D eigenvalue weighted by molar-refractivity contribution is 7.98. The van der Waals surface area contributed by atoms with Gasteiger partial charge < -0.3 is 15.1 Å². The van der Waals surface area contributed by atoms with E-state index < -0.39 is 0 Å². The van der Waals surface area contributed by atoms with Crippen LogP contribution in [0, 0.1) is 0 Å². The van der Waals surface area contributed by atoms with Crippen molar-refractivity contribution in [3.63, 3.8) is 0 Å². The van der Waals surface area contributed by atoms with Crippen LogP contribution in [0.5, 0.6) is 0 Å². The summed E-state index contributed by atoms with van der Waals surface area (Å²) in [7, 11) is 2.14. The molecular formula is C13H20ClN5S. The van der Waals surface area contributed by atoms with Gasteiger partial charge in [0.15, 0.2) is 0 Å². The topological polar surface area (TPSA) is 44.3 Å². The number of hydrogen-bond acceptors (Lipinski definition) is 6. The number of thioether (sulfide) groups is 1. The second-order valence-corrected chi connectivity index (χ2v) is 6.58. The molecule has 2 aliphatic rings. The number of halogens is 1. The third kappa shape index (κ3) is 3.13. The van der Waals surface area contributed by atoms with Gasteiger partial charge in [0.25, 0.3) is 0 Å². The van der Waals surface area contributed by atoms with E-state index in [1.807, 2.05) is 6.26 Å². The molecule has 1 aromatic rings. The van der Waals surface area contributed by atoms with Crippen LogP contribution in [0.1, 0.15) is 12.8 Å². The number of nitrogens with zero attached hydrogens (tertiary/aromatic N) is 4. The Bertz CT molecular complexity index is 486. The highest BCUT2D eigenvalue weighted by Gasteiger charge is 2.25. The zero-order chi connectivity index (χ0) is 14.1. The van der Waals surface area contributed by atoms with Crippen molar-refractivity contribution < 1.29 is 0 Å². The number of aromatic nitrogens is 2. The molecule has 3 rings (SSSR count). The molecular weight excluding hydrogens is 294 g/mol. The molecule has 110 valence electrons. The maximum atomic E-state index is 6.34. The fourth-order valence-electron chi connectivity index (χ4n) is 2.26. The lowest BCUT2D eigenvalue weighted by molar-refractivity contribution is 0.311. The number of nitrogens with one attached hydrogen (secondary N) is 1. The van der Waals surface area contributed by atoms with E-state index >= 15 is 0 Å². The van der Waals surface area contributed by atoms with Crippen molar-refractivity contribution in [1.29, 1.82) is 0 Å². The Morgan fingerprint density at radius 1 is 1.20 bits per heavy atom. The molecule has 7 heteroatoms. The SMILES string of the molecule is CSc1c(Cl)nc(N2CCN(C)CC2)nc1NC1CC1. The van der Waals surface area contributed by atoms with Gasteiger partial charge in [0.1, 0.15) is 11.0 Å². The van der Waals surface area contributed by atoms with Crippen molar-refractivity contribution in [3.8, 4) is 0 Å². The van der Waals surface area contributed by atoms with Crippen LogP contribution in [-0.4, -0.2) is 60.4 Å². The van der Waals surface area contributed by atoms with E-state index in [2.05, 4.69) is 27.1 Å². The van der Waals surface area contributed by atoms with Gasteiger partial charge in [-0.25, -0.2) is 0 Å². The number of anilines is 2. The minimum atomic E-state index is 0.560. The van der Waals surface area contributed by atoms with Crippen LogP contribution in [-0.2, 0) is 0 Å². The summed E-state index contributed by atoms with van der Waals surface area (Å²) < 4.78 is 0. The predicted octanol–water partition coefficient (Wildman–Crippen LogP) is 2.18. The van der Waals surface area contributed by atoms with Crippen molar-refractivity contribution in [2.24, 2.45) is 0 Å². The highest BCUT2D eigenvalue weighted by Crippen LogP contribution is 2.35. The van der Waals surface area contributed by atoms with E-state index in [9.17, 15) is 0 Å². The first-order chi connectivity index (χ1) is 9.67. The van der Waals surface area contributed by atoms with Gasteiger partial charge in [-0.1, -0.05) is 11.6 Å². The van der Waals surface area contributed by atoms with Crippen LogP contribution in [0.3, 0.4) is 0 Å². The molecule has 1 aromatic heterocycles. The molecule has 0 radical (unpaired) electrons. The van der Waals surface area contributed by atoms with E-state index in [4.69, 9.17) is 16.6 Å². The zero-order valence-electron chi connectivity index (χ0n) is 11.9. The standard InChI is InChI=1S/C13H20ClN5S/c1-18-5-7-19(8-6-18)13-16-11(14)10(20-2)12(17-13)15-9-3-4-9/h9H,3-8H2,1-2H3,(H,15,16,17). The number of likely N-dealkylation sites (N-methyl/N-ethyl adjacent to an activating group) is 1. The Hall–Kier alpha value is -0.720. The van der Waals surface area contributed by atoms with Crippen LogP contribution in [0.2, 0.25) is 5.15 Å². The maximum Gasteiger partial charge on any atom is 0.228 e. The van der Waals surface area contributed by atoms with E-state index in [1.165, 1.54) is 12.8 Å². The van der Waals surface area contributed by atoms with Gasteiger partial charge in [-0.3, -0.25) is 0 Å². The molecule has 2 fully saturated rings. The van der Waals surface area contributed by atoms with Gasteiger partial charge in [-0.2, -0.15) is 9.97 Å². The molecule has 1 N–H and O–H groups in total. The molecule has 1 aliphatic carbocycles. The fourth-order valence-corrected chi connectivity index (χ4v) is 3.17. The summed E-state index contributed by atoms with van der Waals surface area (Å²) in [6, 6.07) is 0.562. The van der Waals surface area contributed by atoms with Gasteiger partial charge in [-0.05, 0) is 26.1 Å². The average molecular weight is 314 g/mol. The summed E-state index contributed by atoms with van der Waals surface area (Å²) in [6.45, 7) is 3.98. The fraction of sp³-hybridized carbons (Fsp3) is 0.692. The third-order valence-electron chi connectivity index (χ3n) is 3.72. The maximum absolute atomic E-state index is 6.34. The summed E-state index contributed by atoms with van der Waals surface area (Å²) in [4.78, 5) is 14.7. The van der Waals surface area contributed by atoms with E-state index in [0.717, 1.165) is 42.8 Å². The van der Waals surface area contributed by atoms with Crippen LogP contribution in [0.25, 0.3) is 0 Å². The summed E-state index contributed by atoms with van der Waals surface area (Å²) in [5.74, 6) is 1.65. The molecule has 1 aliphatic heterocycles. The normalized spacial score (nSPS) is 20.2. The first-order valence-electron chi connectivity index (χ1n) is 6.99. The van der Waals surface area contributed by atoms with Gasteiger partial charge in [0.2, 0.25) is 5.95 Å². The van der Waals surface area contributed by atoms with Crippen LogP contribution in [0.15, 0.2) is 4.90 Å². The average Bonchev–Trinajstić information content (AvgIpc) is 3.23. The lowest BCUT2D eigenvalue weighted by Crippen LogP contribution is -2.45. The molecule has 1 saturated carbocycles. The van der Waals surface area contributed by atoms with Gasteiger partial charge >= 0.3 is 0 Å². The van der Waals surface area contributed by atoms with Crippen molar-refractivity contribution in [3.05, 3.63) is 5.15 Å². The monoisotopic (exact) mass is 313 g/mol. The molecule has 5 nitrogen and oxygen atoms in total. The Morgan fingerprint density at radius 2 is 1.90 bits per heavy atom. The largest absolute Gasteiger partial charge is 0.366 e. The Balaban J connectivity index is 1.85. The van der Waals surface area contributed by atoms with Gasteiger partial charge in [0, 0.05) is 32.2 Å². The summed E-state index contributed by atoms with van der Waals surface area (Å²) in [5.41, 5.74) is 0. The minimum absolute atomic E-state index is 0.560. The quantitative estimate of drug-likeness (QED) is 0.679. The lowest BCUT2D eigenvalue weighted by atomic mass is 10.3. The minimum Gasteiger partial charge on any atom is -0.366 e. The molecule has 0 aromatic carbocycles. The Labute approximate surface area is 129 Å². The van der Waals surface area contributed by atoms with Crippen molar-refractivity contribution in [2.45, 2.75) is 23.8 Å². The summed E-state index contributed by atoms with van der Waals surface area (Å²) in [5, 5.41) is 4.03. The molecule has 0 bridgehead atoms. The number of rotatable bonds is 4. The lowest BCUT2D eigenvalue weighted by Gasteiger charge is -2.32. The second-order valence-electron chi connectivity index (χ2n) is 5.41. The van der Waals surface area contributed by atoms with E-state index in [0.29, 0.717) is 11.2 Å². The van der Waals surface area contributed by atoms with Gasteiger partial charge in [0.05, 0.1) is 4.90 Å². The summed E-state index contributed by atoms with van der Waals surface area (Å²) in [6.07, 6.45) is 4.46. The highest BCUT2D eigenvalue weighted by atomic mass is 35.5. The van der Waals surface area contributed by atoms with Crippen LogP contribution < -0.4 is 10.2 Å². The van der Waals surface area contributed by atoms with Crippen LogP contribution >= 0.6 is 23.4 Å². The number of hydrogen-bond donors (Lipinski definition) is 1. The van der Waals surface area contributed by atoms with E-state index in [-0.39, 0.29) is 0 Å². The Morgan fingerprint density at radius 3 is 2.50 bits per heavy atom. The first kappa shape index (κ1) is 14.2. The Kier molecular flexibility index (Phi) is 4.23. The molecule has 0 atom stereocenters. The predicted molar refractivity (Wildman–Crippen MR) is 85.2 cm³/mol. The molecule has 0 unspecified atom stereocenters. The summed E-state index contributed by atoms with van der Waals surface area (Å²) >= 11 is 7.94. The molecule has 2 heterocycles. The van der Waals surface area contributed by atoms with Gasteiger partial charge in [-0.15, -0.1) is 11.8 Å². The molecule has 0 amide bonds. The first-order valence-corrected chi connectivity index (χ1v) is 8.59. The molecule has 0 spiro atoms. The third-order valence-corrected chi connectivity index (χ3v) is 4.90. The van der Waals surface area contributed by atoms with Crippen molar-refractivity contribution in [2.75, 3.05) is 49.7 Å². The van der Waals surface area contributed by atoms with Crippen LogP contribution in [0.4, 0.5) is 11.8 Å². The molecule has 1 saturated heterocycles. The zero-order valence-corrected chi connectivity index (χ0v) is 13.5. The second kappa shape index (κ2) is 5.95. The molecule has 20 heavy (non-hydrogen) atoms.